The molecule has 0 N–H and O–H groups in total. The summed E-state index contributed by atoms with van der Waals surface area (Å²) in [6.07, 6.45) is 6.83. The maximum absolute atomic E-state index is 14.1. The lowest BCUT2D eigenvalue weighted by molar-refractivity contribution is 0.149. The first kappa shape index (κ1) is 21.5. The van der Waals surface area contributed by atoms with Gasteiger partial charge in [0.2, 0.25) is 0 Å². The first-order valence-electron chi connectivity index (χ1n) is 10.7. The summed E-state index contributed by atoms with van der Waals surface area (Å²) in [5.74, 6) is 0. The monoisotopic (exact) mass is 521 g/mol. The Balaban J connectivity index is 1.55. The van der Waals surface area contributed by atoms with Crippen molar-refractivity contribution < 1.29 is 9.18 Å². The van der Waals surface area contributed by atoms with Gasteiger partial charge in [0.05, 0.1) is 52.5 Å². The summed E-state index contributed by atoms with van der Waals surface area (Å²) in [7, 11) is 0. The van der Waals surface area contributed by atoms with E-state index in [2.05, 4.69) is 65.1 Å². The Bertz CT molecular complexity index is 902. The fourth-order valence-corrected chi connectivity index (χ4v) is 5.91. The van der Waals surface area contributed by atoms with E-state index < -0.39 is 5.67 Å². The van der Waals surface area contributed by atoms with Crippen LogP contribution in [0, 0.1) is 0 Å². The van der Waals surface area contributed by atoms with Gasteiger partial charge < -0.3 is 0 Å². The van der Waals surface area contributed by atoms with Crippen molar-refractivity contribution in [2.75, 3.05) is 11.4 Å². The molecule has 0 radical (unpaired) electrons. The number of hydrogen-bond acceptors (Lipinski definition) is 2. The average Bonchev–Trinajstić information content (AvgIpc) is 3.00. The molecule has 2 heterocycles. The zero-order valence-corrected chi connectivity index (χ0v) is 20.0. The molecular formula is C24H29FIN3O. The topological polar surface area (TPSA) is 36.4 Å². The lowest BCUT2D eigenvalue weighted by Crippen LogP contribution is -2.48. The van der Waals surface area contributed by atoms with Crippen LogP contribution in [0.4, 0.5) is 14.9 Å². The molecule has 0 bridgehead atoms. The van der Waals surface area contributed by atoms with E-state index in [0.29, 0.717) is 12.2 Å². The number of nitrogens with zero attached hydrogens (tertiary/aromatic N) is 3. The van der Waals surface area contributed by atoms with Gasteiger partial charge in [-0.25, -0.2) is 9.18 Å². The Kier molecular flexibility index (Phi) is 5.58. The van der Waals surface area contributed by atoms with Crippen molar-refractivity contribution in [2.45, 2.75) is 69.5 Å². The molecule has 1 saturated heterocycles. The molecule has 6 heteroatoms. The largest absolute Gasteiger partial charge is 0.333 e. The Hall–Kier alpha value is -1.70. The van der Waals surface area contributed by atoms with Crippen LogP contribution in [0.3, 0.4) is 0 Å². The first-order valence-corrected chi connectivity index (χ1v) is 11.7. The van der Waals surface area contributed by atoms with E-state index in [-0.39, 0.29) is 17.0 Å². The SMILES string of the molecule is CCC1(c2ccccc2)CCC2(CC1)CN(c1ccc(C(C)(C)F)nc1)C(=O)N2I. The summed E-state index contributed by atoms with van der Waals surface area (Å²) in [5, 5.41) is 0. The smallest absolute Gasteiger partial charge is 0.290 e. The Morgan fingerprint density at radius 1 is 1.10 bits per heavy atom. The molecule has 160 valence electrons. The van der Waals surface area contributed by atoms with Crippen LogP contribution in [0.25, 0.3) is 0 Å². The number of hydrogen-bond donors (Lipinski definition) is 0. The van der Waals surface area contributed by atoms with Crippen molar-refractivity contribution in [3.05, 3.63) is 59.9 Å². The van der Waals surface area contributed by atoms with Crippen molar-refractivity contribution in [1.82, 2.24) is 8.10 Å². The highest BCUT2D eigenvalue weighted by atomic mass is 127. The Labute approximate surface area is 192 Å². The fraction of sp³-hybridized carbons (Fsp3) is 0.500. The number of anilines is 1. The van der Waals surface area contributed by atoms with Gasteiger partial charge in [-0.15, -0.1) is 0 Å². The molecule has 1 aromatic carbocycles. The third-order valence-corrected chi connectivity index (χ3v) is 8.57. The molecule has 4 rings (SSSR count). The van der Waals surface area contributed by atoms with Gasteiger partial charge in [0, 0.05) is 0 Å². The minimum Gasteiger partial charge on any atom is -0.290 e. The molecule has 0 unspecified atom stereocenters. The standard InChI is InChI=1S/C24H29FIN3O/c1-4-23(18-8-6-5-7-9-18)12-14-24(15-13-23)17-28(21(30)29(24)26)19-10-11-20(27-16-19)22(2,3)25/h5-11,16H,4,12-15,17H2,1-3H3. The lowest BCUT2D eigenvalue weighted by Gasteiger charge is -2.46. The van der Waals surface area contributed by atoms with Crippen LogP contribution in [0.5, 0.6) is 0 Å². The van der Waals surface area contributed by atoms with Crippen LogP contribution in [0.1, 0.15) is 64.1 Å². The van der Waals surface area contributed by atoms with E-state index in [1.807, 2.05) is 9.18 Å². The maximum Gasteiger partial charge on any atom is 0.333 e. The Morgan fingerprint density at radius 3 is 2.30 bits per heavy atom. The fourth-order valence-electron chi connectivity index (χ4n) is 5.02. The lowest BCUT2D eigenvalue weighted by atomic mass is 9.63. The van der Waals surface area contributed by atoms with Crippen molar-refractivity contribution in [2.24, 2.45) is 0 Å². The number of alkyl halides is 1. The molecule has 30 heavy (non-hydrogen) atoms. The highest BCUT2D eigenvalue weighted by Gasteiger charge is 2.53. The van der Waals surface area contributed by atoms with E-state index in [1.165, 1.54) is 19.4 Å². The van der Waals surface area contributed by atoms with Gasteiger partial charge in [0.25, 0.3) is 0 Å². The molecule has 1 spiro atoms. The number of carbonyl (C=O) groups is 1. The Morgan fingerprint density at radius 2 is 1.77 bits per heavy atom. The molecule has 0 atom stereocenters. The second-order valence-electron chi connectivity index (χ2n) is 9.25. The van der Waals surface area contributed by atoms with Crippen LogP contribution in [-0.2, 0) is 11.1 Å². The molecule has 1 saturated carbocycles. The first-order chi connectivity index (χ1) is 14.2. The van der Waals surface area contributed by atoms with E-state index >= 15 is 0 Å². The number of amides is 2. The number of aromatic nitrogens is 1. The van der Waals surface area contributed by atoms with E-state index in [1.54, 1.807) is 17.2 Å². The number of benzene rings is 1. The second-order valence-corrected chi connectivity index (χ2v) is 10.2. The zero-order chi connectivity index (χ0) is 21.6. The third kappa shape index (κ3) is 3.61. The summed E-state index contributed by atoms with van der Waals surface area (Å²) in [6.45, 7) is 5.92. The van der Waals surface area contributed by atoms with Crippen LogP contribution < -0.4 is 4.90 Å². The average molecular weight is 521 g/mol. The predicted octanol–water partition coefficient (Wildman–Crippen LogP) is 6.54. The van der Waals surface area contributed by atoms with E-state index in [4.69, 9.17) is 0 Å². The van der Waals surface area contributed by atoms with Crippen LogP contribution in [0.2, 0.25) is 0 Å². The summed E-state index contributed by atoms with van der Waals surface area (Å²) >= 11 is 2.19. The molecule has 1 aromatic heterocycles. The normalized spacial score (nSPS) is 27.2. The summed E-state index contributed by atoms with van der Waals surface area (Å²) in [6, 6.07) is 14.3. The van der Waals surface area contributed by atoms with Gasteiger partial charge in [0.15, 0.2) is 0 Å². The van der Waals surface area contributed by atoms with Gasteiger partial charge in [0.1, 0.15) is 5.67 Å². The maximum atomic E-state index is 14.1. The van der Waals surface area contributed by atoms with Crippen LogP contribution >= 0.6 is 22.9 Å². The highest BCUT2D eigenvalue weighted by Crippen LogP contribution is 2.51. The van der Waals surface area contributed by atoms with E-state index in [9.17, 15) is 9.18 Å². The summed E-state index contributed by atoms with van der Waals surface area (Å²) < 4.78 is 16.1. The molecule has 2 aliphatic rings. The van der Waals surface area contributed by atoms with Crippen molar-refractivity contribution in [3.8, 4) is 0 Å². The molecule has 4 nitrogen and oxygen atoms in total. The number of halogens is 2. The van der Waals surface area contributed by atoms with Crippen molar-refractivity contribution >= 4 is 34.6 Å². The third-order valence-electron chi connectivity index (χ3n) is 7.14. The number of pyridine rings is 1. The van der Waals surface area contributed by atoms with Gasteiger partial charge in [-0.3, -0.25) is 13.0 Å². The van der Waals surface area contributed by atoms with Crippen molar-refractivity contribution in [3.63, 3.8) is 0 Å². The molecule has 2 aromatic rings. The quantitative estimate of drug-likeness (QED) is 0.339. The number of carbonyl (C=O) groups excluding carboxylic acids is 1. The minimum absolute atomic E-state index is 0.00614. The van der Waals surface area contributed by atoms with Crippen molar-refractivity contribution in [1.29, 1.82) is 0 Å². The molecule has 1 aliphatic heterocycles. The summed E-state index contributed by atoms with van der Waals surface area (Å²) in [5.41, 5.74) is 1.07. The highest BCUT2D eigenvalue weighted by molar-refractivity contribution is 14.1. The zero-order valence-electron chi connectivity index (χ0n) is 17.9. The predicted molar refractivity (Wildman–Crippen MR) is 127 cm³/mol. The summed E-state index contributed by atoms with van der Waals surface area (Å²) in [4.78, 5) is 19.2. The molecular weight excluding hydrogens is 492 g/mol. The molecule has 1 aliphatic carbocycles. The van der Waals surface area contributed by atoms with E-state index in [0.717, 1.165) is 37.8 Å². The molecule has 2 fully saturated rings. The minimum atomic E-state index is -1.49. The van der Waals surface area contributed by atoms with Gasteiger partial charge >= 0.3 is 6.03 Å². The van der Waals surface area contributed by atoms with Gasteiger partial charge in [-0.2, -0.15) is 0 Å². The van der Waals surface area contributed by atoms with Crippen LogP contribution in [-0.4, -0.2) is 26.2 Å². The second kappa shape index (κ2) is 7.77. The number of urea groups is 1. The molecule has 2 amide bonds. The number of rotatable bonds is 4. The van der Waals surface area contributed by atoms with Gasteiger partial charge in [-0.05, 0) is 69.1 Å². The van der Waals surface area contributed by atoms with Crippen LogP contribution in [0.15, 0.2) is 48.7 Å². The van der Waals surface area contributed by atoms with Gasteiger partial charge in [-0.1, -0.05) is 37.3 Å².